The fourth-order valence-electron chi connectivity index (χ4n) is 4.91. The molecule has 0 radical (unpaired) electrons. The molecule has 0 saturated heterocycles. The zero-order chi connectivity index (χ0) is 28.0. The third kappa shape index (κ3) is 4.35. The van der Waals surface area contributed by atoms with Crippen molar-refractivity contribution in [2.75, 3.05) is 5.73 Å². The summed E-state index contributed by atoms with van der Waals surface area (Å²) in [5.41, 5.74) is 8.99. The molecule has 40 heavy (non-hydrogen) atoms. The molecular weight excluding hydrogens is 509 g/mol. The molecule has 0 aliphatic carbocycles. The van der Waals surface area contributed by atoms with Crippen LogP contribution in [0.1, 0.15) is 32.6 Å². The van der Waals surface area contributed by atoms with Crippen molar-refractivity contribution in [1.82, 2.24) is 19.7 Å². The van der Waals surface area contributed by atoms with Gasteiger partial charge in [0, 0.05) is 5.56 Å². The van der Waals surface area contributed by atoms with E-state index in [9.17, 15) is 9.18 Å². The minimum absolute atomic E-state index is 0.0414. The van der Waals surface area contributed by atoms with Crippen LogP contribution < -0.4 is 15.9 Å². The maximum Gasteiger partial charge on any atom is 0.200 e. The molecule has 200 valence electrons. The van der Waals surface area contributed by atoms with Gasteiger partial charge in [-0.3, -0.25) is 4.79 Å². The standard InChI is InChI=1S/C31H26FN5O3/c1-17(2)39-22-13-11-19(12-14-22)27-26-30(33)34-16-35-31(26)37(36-27)18(3)29-25(20-7-6-8-21(32)15-20)28(38)23-9-4-5-10-24(23)40-29/h4-18H,1-3H3,(H2,33,34,35). The van der Waals surface area contributed by atoms with Gasteiger partial charge in [0.25, 0.3) is 0 Å². The average molecular weight is 536 g/mol. The topological polar surface area (TPSA) is 109 Å². The summed E-state index contributed by atoms with van der Waals surface area (Å²) < 4.78 is 28.1. The molecule has 3 aromatic carbocycles. The fourth-order valence-corrected chi connectivity index (χ4v) is 4.91. The predicted molar refractivity (Wildman–Crippen MR) is 153 cm³/mol. The molecule has 3 heterocycles. The minimum Gasteiger partial charge on any atom is -0.491 e. The van der Waals surface area contributed by atoms with Crippen molar-refractivity contribution >= 4 is 27.8 Å². The van der Waals surface area contributed by atoms with Crippen LogP contribution in [0.15, 0.2) is 88.3 Å². The van der Waals surface area contributed by atoms with E-state index in [-0.39, 0.29) is 22.9 Å². The van der Waals surface area contributed by atoms with E-state index < -0.39 is 11.9 Å². The van der Waals surface area contributed by atoms with E-state index in [1.165, 1.54) is 18.5 Å². The summed E-state index contributed by atoms with van der Waals surface area (Å²) in [7, 11) is 0. The van der Waals surface area contributed by atoms with Crippen LogP contribution in [0.25, 0.3) is 44.4 Å². The third-order valence-electron chi connectivity index (χ3n) is 6.70. The van der Waals surface area contributed by atoms with E-state index in [2.05, 4.69) is 9.97 Å². The Bertz CT molecular complexity index is 1930. The molecule has 9 heteroatoms. The van der Waals surface area contributed by atoms with Crippen LogP contribution in [-0.2, 0) is 0 Å². The fraction of sp³-hybridized carbons (Fsp3) is 0.161. The molecule has 2 N–H and O–H groups in total. The molecule has 3 aromatic heterocycles. The number of nitrogen functional groups attached to an aromatic ring is 1. The second kappa shape index (κ2) is 9.92. The van der Waals surface area contributed by atoms with Gasteiger partial charge >= 0.3 is 0 Å². The summed E-state index contributed by atoms with van der Waals surface area (Å²) >= 11 is 0. The van der Waals surface area contributed by atoms with Crippen molar-refractivity contribution in [3.05, 3.63) is 101 Å². The first-order valence-corrected chi connectivity index (χ1v) is 12.9. The SMILES string of the molecule is CC(C)Oc1ccc(-c2nn(C(C)c3oc4ccccc4c(=O)c3-c3cccc(F)c3)c3ncnc(N)c23)cc1. The summed E-state index contributed by atoms with van der Waals surface area (Å²) in [5.74, 6) is 0.869. The van der Waals surface area contributed by atoms with Crippen molar-refractivity contribution in [2.24, 2.45) is 0 Å². The number of anilines is 1. The van der Waals surface area contributed by atoms with Crippen LogP contribution in [0, 0.1) is 5.82 Å². The summed E-state index contributed by atoms with van der Waals surface area (Å²) in [6.45, 7) is 5.78. The van der Waals surface area contributed by atoms with E-state index in [4.69, 9.17) is 20.0 Å². The van der Waals surface area contributed by atoms with Gasteiger partial charge in [-0.15, -0.1) is 0 Å². The number of ether oxygens (including phenoxy) is 1. The Balaban J connectivity index is 1.57. The highest BCUT2D eigenvalue weighted by Gasteiger charge is 2.27. The predicted octanol–water partition coefficient (Wildman–Crippen LogP) is 6.38. The third-order valence-corrected chi connectivity index (χ3v) is 6.70. The number of nitrogens with two attached hydrogens (primary N) is 1. The van der Waals surface area contributed by atoms with Crippen LogP contribution in [0.3, 0.4) is 0 Å². The van der Waals surface area contributed by atoms with E-state index in [1.54, 1.807) is 41.1 Å². The number of hydrogen-bond acceptors (Lipinski definition) is 7. The van der Waals surface area contributed by atoms with E-state index in [1.807, 2.05) is 45.0 Å². The van der Waals surface area contributed by atoms with Gasteiger partial charge in [-0.2, -0.15) is 5.10 Å². The maximum absolute atomic E-state index is 14.3. The Morgan fingerprint density at radius 3 is 2.48 bits per heavy atom. The normalized spacial score (nSPS) is 12.3. The van der Waals surface area contributed by atoms with Gasteiger partial charge in [0.1, 0.15) is 46.8 Å². The zero-order valence-corrected chi connectivity index (χ0v) is 22.1. The molecule has 0 fully saturated rings. The van der Waals surface area contributed by atoms with Crippen molar-refractivity contribution in [2.45, 2.75) is 32.9 Å². The molecule has 0 amide bonds. The molecule has 1 atom stereocenters. The Labute approximate surface area is 228 Å². The first kappa shape index (κ1) is 25.2. The number of hydrogen-bond donors (Lipinski definition) is 1. The van der Waals surface area contributed by atoms with Gasteiger partial charge in [-0.1, -0.05) is 24.3 Å². The largest absolute Gasteiger partial charge is 0.491 e. The Hall–Kier alpha value is -5.05. The summed E-state index contributed by atoms with van der Waals surface area (Å²) in [5, 5.41) is 5.88. The second-order valence-electron chi connectivity index (χ2n) is 9.79. The van der Waals surface area contributed by atoms with E-state index in [0.717, 1.165) is 11.3 Å². The Morgan fingerprint density at radius 1 is 0.950 bits per heavy atom. The number of nitrogens with zero attached hydrogens (tertiary/aromatic N) is 4. The average Bonchev–Trinajstić information content (AvgIpc) is 3.34. The zero-order valence-electron chi connectivity index (χ0n) is 22.1. The number of benzene rings is 3. The lowest BCUT2D eigenvalue weighted by atomic mass is 9.99. The van der Waals surface area contributed by atoms with Crippen molar-refractivity contribution < 1.29 is 13.5 Å². The van der Waals surface area contributed by atoms with Gasteiger partial charge in [-0.05, 0) is 74.9 Å². The Morgan fingerprint density at radius 2 is 1.73 bits per heavy atom. The highest BCUT2D eigenvalue weighted by Crippen LogP contribution is 2.36. The van der Waals surface area contributed by atoms with E-state index >= 15 is 0 Å². The minimum atomic E-state index is -0.621. The summed E-state index contributed by atoms with van der Waals surface area (Å²) in [6, 6.07) is 19.8. The quantitative estimate of drug-likeness (QED) is 0.263. The molecule has 0 bridgehead atoms. The number of fused-ring (bicyclic) bond motifs is 2. The molecule has 6 aromatic rings. The molecule has 0 aliphatic rings. The van der Waals surface area contributed by atoms with Crippen LogP contribution in [-0.4, -0.2) is 25.9 Å². The van der Waals surface area contributed by atoms with Crippen LogP contribution in [0.2, 0.25) is 0 Å². The first-order chi connectivity index (χ1) is 19.3. The number of para-hydroxylation sites is 1. The van der Waals surface area contributed by atoms with Crippen LogP contribution in [0.4, 0.5) is 10.2 Å². The first-order valence-electron chi connectivity index (χ1n) is 12.9. The Kier molecular flexibility index (Phi) is 6.26. The van der Waals surface area contributed by atoms with Crippen molar-refractivity contribution in [3.8, 4) is 28.1 Å². The molecule has 8 nitrogen and oxygen atoms in total. The van der Waals surface area contributed by atoms with Gasteiger partial charge in [0.2, 0.25) is 5.43 Å². The molecule has 0 aliphatic heterocycles. The second-order valence-corrected chi connectivity index (χ2v) is 9.79. The molecule has 1 unspecified atom stereocenters. The maximum atomic E-state index is 14.3. The van der Waals surface area contributed by atoms with Gasteiger partial charge < -0.3 is 14.9 Å². The molecular formula is C31H26FN5O3. The monoisotopic (exact) mass is 535 g/mol. The van der Waals surface area contributed by atoms with Gasteiger partial charge in [0.15, 0.2) is 5.65 Å². The van der Waals surface area contributed by atoms with Gasteiger partial charge in [-0.25, -0.2) is 19.0 Å². The molecule has 0 saturated carbocycles. The summed E-state index contributed by atoms with van der Waals surface area (Å²) in [4.78, 5) is 22.5. The summed E-state index contributed by atoms with van der Waals surface area (Å²) in [6.07, 6.45) is 1.41. The van der Waals surface area contributed by atoms with Crippen molar-refractivity contribution in [3.63, 3.8) is 0 Å². The lowest BCUT2D eigenvalue weighted by Crippen LogP contribution is -2.16. The van der Waals surface area contributed by atoms with Crippen LogP contribution in [0.5, 0.6) is 5.75 Å². The lowest BCUT2D eigenvalue weighted by Gasteiger charge is -2.17. The van der Waals surface area contributed by atoms with Crippen LogP contribution >= 0.6 is 0 Å². The lowest BCUT2D eigenvalue weighted by molar-refractivity contribution is 0.242. The smallest absolute Gasteiger partial charge is 0.200 e. The van der Waals surface area contributed by atoms with Crippen molar-refractivity contribution in [1.29, 1.82) is 0 Å². The van der Waals surface area contributed by atoms with E-state index in [0.29, 0.717) is 39.0 Å². The highest BCUT2D eigenvalue weighted by molar-refractivity contribution is 5.98. The number of rotatable bonds is 6. The number of halogens is 1. The highest BCUT2D eigenvalue weighted by atomic mass is 19.1. The van der Waals surface area contributed by atoms with Gasteiger partial charge in [0.05, 0.1) is 22.4 Å². The number of aromatic nitrogens is 4. The molecule has 6 rings (SSSR count). The molecule has 0 spiro atoms.